The van der Waals surface area contributed by atoms with Crippen molar-refractivity contribution in [2.24, 2.45) is 0 Å². The number of ether oxygens (including phenoxy) is 1. The number of carbonyl (C=O) groups is 3. The fourth-order valence-corrected chi connectivity index (χ4v) is 4.01. The van der Waals surface area contributed by atoms with Crippen LogP contribution in [0.25, 0.3) is 0 Å². The van der Waals surface area contributed by atoms with Gasteiger partial charge in [0, 0.05) is 13.1 Å². The van der Waals surface area contributed by atoms with Crippen molar-refractivity contribution in [1.29, 1.82) is 0 Å². The van der Waals surface area contributed by atoms with Crippen molar-refractivity contribution in [2.75, 3.05) is 19.1 Å². The summed E-state index contributed by atoms with van der Waals surface area (Å²) in [6.45, 7) is 11.0. The van der Waals surface area contributed by atoms with Crippen LogP contribution >= 0.6 is 11.8 Å². The number of likely N-dealkylation sites (N-methyl/N-ethyl adjacent to an activating group) is 1. The highest BCUT2D eigenvalue weighted by atomic mass is 32.2. The summed E-state index contributed by atoms with van der Waals surface area (Å²) in [4.78, 5) is 40.7. The second-order valence-electron chi connectivity index (χ2n) is 9.58. The quantitative estimate of drug-likeness (QED) is 0.426. The smallest absolute Gasteiger partial charge is 0.408 e. The Balaban J connectivity index is 3.27. The van der Waals surface area contributed by atoms with Crippen LogP contribution in [0.4, 0.5) is 4.79 Å². The Labute approximate surface area is 208 Å². The Kier molecular flexibility index (Phi) is 11.7. The molecule has 0 saturated carbocycles. The Bertz CT molecular complexity index is 840. The number of hydrogen-bond donors (Lipinski definition) is 3. The first kappa shape index (κ1) is 29.6. The molecular formula is C25H41N3O5S. The number of alkyl carbamates (subject to hydrolysis) is 1. The summed E-state index contributed by atoms with van der Waals surface area (Å²) in [6, 6.07) is 3.01. The van der Waals surface area contributed by atoms with Crippen molar-refractivity contribution in [3.63, 3.8) is 0 Å². The summed E-state index contributed by atoms with van der Waals surface area (Å²) in [5, 5.41) is 15.6. The van der Waals surface area contributed by atoms with Crippen LogP contribution in [0.1, 0.15) is 71.0 Å². The highest BCUT2D eigenvalue weighted by molar-refractivity contribution is 7.98. The van der Waals surface area contributed by atoms with E-state index in [1.54, 1.807) is 58.6 Å². The second-order valence-corrected chi connectivity index (χ2v) is 10.6. The number of benzene rings is 1. The van der Waals surface area contributed by atoms with E-state index in [4.69, 9.17) is 4.74 Å². The summed E-state index contributed by atoms with van der Waals surface area (Å²) < 4.78 is 5.34. The van der Waals surface area contributed by atoms with Crippen molar-refractivity contribution < 1.29 is 24.2 Å². The van der Waals surface area contributed by atoms with Gasteiger partial charge in [0.1, 0.15) is 23.4 Å². The number of phenolic OH excluding ortho intramolecular Hbond substituents is 1. The molecule has 3 unspecified atom stereocenters. The third kappa shape index (κ3) is 9.44. The monoisotopic (exact) mass is 495 g/mol. The lowest BCUT2D eigenvalue weighted by atomic mass is 10.00. The van der Waals surface area contributed by atoms with E-state index in [0.717, 1.165) is 12.8 Å². The number of aromatic hydroxyl groups is 1. The molecule has 0 aliphatic heterocycles. The van der Waals surface area contributed by atoms with Crippen LogP contribution in [0.5, 0.6) is 5.75 Å². The van der Waals surface area contributed by atoms with Gasteiger partial charge >= 0.3 is 6.09 Å². The third-order valence-corrected chi connectivity index (χ3v) is 5.87. The minimum atomic E-state index is -0.927. The fraction of sp³-hybridized carbons (Fsp3) is 0.640. The molecule has 0 radical (unpaired) electrons. The van der Waals surface area contributed by atoms with Crippen LogP contribution in [0.2, 0.25) is 0 Å². The van der Waals surface area contributed by atoms with Gasteiger partial charge in [0.2, 0.25) is 11.8 Å². The van der Waals surface area contributed by atoms with Crippen LogP contribution in [-0.4, -0.2) is 64.7 Å². The molecule has 8 nitrogen and oxygen atoms in total. The Morgan fingerprint density at radius 3 is 2.35 bits per heavy atom. The van der Waals surface area contributed by atoms with Gasteiger partial charge in [0.15, 0.2) is 0 Å². The number of nitrogens with one attached hydrogen (secondary N) is 2. The van der Waals surface area contributed by atoms with Crippen LogP contribution in [0.3, 0.4) is 0 Å². The van der Waals surface area contributed by atoms with Gasteiger partial charge in [-0.25, -0.2) is 4.79 Å². The number of phenols is 1. The van der Waals surface area contributed by atoms with Crippen molar-refractivity contribution in [3.8, 4) is 5.75 Å². The van der Waals surface area contributed by atoms with Gasteiger partial charge in [-0.2, -0.15) is 11.8 Å². The lowest BCUT2D eigenvalue weighted by molar-refractivity contribution is -0.141. The molecule has 34 heavy (non-hydrogen) atoms. The zero-order valence-electron chi connectivity index (χ0n) is 21.7. The zero-order chi connectivity index (χ0) is 26.1. The van der Waals surface area contributed by atoms with Crippen molar-refractivity contribution in [2.45, 2.75) is 84.5 Å². The average Bonchev–Trinajstić information content (AvgIpc) is 2.72. The minimum Gasteiger partial charge on any atom is -0.508 e. The predicted molar refractivity (Wildman–Crippen MR) is 137 cm³/mol. The molecular weight excluding hydrogens is 454 g/mol. The molecule has 192 valence electrons. The Morgan fingerprint density at radius 2 is 1.82 bits per heavy atom. The van der Waals surface area contributed by atoms with Gasteiger partial charge in [-0.05, 0) is 82.7 Å². The summed E-state index contributed by atoms with van der Waals surface area (Å²) >= 11 is 1.56. The summed E-state index contributed by atoms with van der Waals surface area (Å²) in [7, 11) is 1.56. The van der Waals surface area contributed by atoms with E-state index in [0.29, 0.717) is 23.3 Å². The number of amides is 3. The lowest BCUT2D eigenvalue weighted by Crippen LogP contribution is -2.52. The number of rotatable bonds is 11. The highest BCUT2D eigenvalue weighted by Crippen LogP contribution is 2.26. The van der Waals surface area contributed by atoms with Crippen LogP contribution in [0, 0.1) is 6.92 Å². The van der Waals surface area contributed by atoms with Gasteiger partial charge in [0.25, 0.3) is 0 Å². The van der Waals surface area contributed by atoms with E-state index >= 15 is 0 Å². The molecule has 0 aliphatic carbocycles. The fourth-order valence-electron chi connectivity index (χ4n) is 3.54. The molecule has 0 spiro atoms. The number of hydrogen-bond acceptors (Lipinski definition) is 6. The zero-order valence-corrected chi connectivity index (χ0v) is 22.5. The van der Waals surface area contributed by atoms with Gasteiger partial charge in [-0.3, -0.25) is 9.59 Å². The van der Waals surface area contributed by atoms with Crippen LogP contribution in [0.15, 0.2) is 18.2 Å². The van der Waals surface area contributed by atoms with Gasteiger partial charge in [-0.1, -0.05) is 19.4 Å². The maximum atomic E-state index is 13.5. The van der Waals surface area contributed by atoms with Gasteiger partial charge < -0.3 is 25.4 Å². The average molecular weight is 496 g/mol. The molecule has 0 heterocycles. The number of nitrogens with zero attached hydrogens (tertiary/aromatic N) is 1. The molecule has 0 bridgehead atoms. The van der Waals surface area contributed by atoms with Crippen molar-refractivity contribution in [3.05, 3.63) is 29.3 Å². The maximum absolute atomic E-state index is 13.5. The molecule has 1 aromatic rings. The SMILES string of the molecule is CCCC(C)NC(=O)C(c1ccc(O)c(C)c1)N(C)C(=O)C(CCSC)NC(=O)OC(C)(C)C. The molecule has 1 rings (SSSR count). The molecule has 3 N–H and O–H groups in total. The van der Waals surface area contributed by atoms with E-state index in [9.17, 15) is 19.5 Å². The van der Waals surface area contributed by atoms with Crippen LogP contribution < -0.4 is 10.6 Å². The molecule has 0 fully saturated rings. The lowest BCUT2D eigenvalue weighted by Gasteiger charge is -2.32. The van der Waals surface area contributed by atoms with E-state index in [-0.39, 0.29) is 17.7 Å². The summed E-state index contributed by atoms with van der Waals surface area (Å²) in [6.07, 6.45) is 3.34. The predicted octanol–water partition coefficient (Wildman–Crippen LogP) is 4.15. The van der Waals surface area contributed by atoms with Crippen LogP contribution in [-0.2, 0) is 14.3 Å². The molecule has 9 heteroatoms. The molecule has 3 atom stereocenters. The maximum Gasteiger partial charge on any atom is 0.408 e. The van der Waals surface area contributed by atoms with Gasteiger partial charge in [-0.15, -0.1) is 0 Å². The van der Waals surface area contributed by atoms with E-state index < -0.39 is 29.7 Å². The Morgan fingerprint density at radius 1 is 1.18 bits per heavy atom. The second kappa shape index (κ2) is 13.5. The van der Waals surface area contributed by atoms with Gasteiger partial charge in [0.05, 0.1) is 0 Å². The molecule has 0 saturated heterocycles. The van der Waals surface area contributed by atoms with E-state index in [1.165, 1.54) is 11.0 Å². The Hall–Kier alpha value is -2.42. The summed E-state index contributed by atoms with van der Waals surface area (Å²) in [5.74, 6) is 0.0420. The molecule has 1 aromatic carbocycles. The first-order valence-corrected chi connectivity index (χ1v) is 13.0. The first-order chi connectivity index (χ1) is 15.8. The number of carbonyl (C=O) groups excluding carboxylic acids is 3. The van der Waals surface area contributed by atoms with E-state index in [2.05, 4.69) is 10.6 Å². The summed E-state index contributed by atoms with van der Waals surface area (Å²) in [5.41, 5.74) is 0.474. The topological polar surface area (TPSA) is 108 Å². The molecule has 0 aliphatic rings. The van der Waals surface area contributed by atoms with Crippen molar-refractivity contribution in [1.82, 2.24) is 15.5 Å². The number of aryl methyl sites for hydroxylation is 1. The first-order valence-electron chi connectivity index (χ1n) is 11.7. The van der Waals surface area contributed by atoms with E-state index in [1.807, 2.05) is 20.1 Å². The standard InChI is InChI=1S/C25H41N3O5S/c1-9-10-17(3)26-22(30)21(18-11-12-20(29)16(2)15-18)28(7)23(31)19(13-14-34-8)27-24(32)33-25(4,5)6/h11-12,15,17,19,21,29H,9-10,13-14H2,1-8H3,(H,26,30)(H,27,32). The number of thioether (sulfide) groups is 1. The van der Waals surface area contributed by atoms with Crippen molar-refractivity contribution >= 4 is 29.7 Å². The molecule has 3 amide bonds. The largest absolute Gasteiger partial charge is 0.508 e. The highest BCUT2D eigenvalue weighted by Gasteiger charge is 2.34. The normalized spacial score (nSPS) is 14.0. The third-order valence-electron chi connectivity index (χ3n) is 5.23. The minimum absolute atomic E-state index is 0.0612. The molecule has 0 aromatic heterocycles.